The standard InChI is InChI=1S/C23H21N5O3S/c1-17-7-9-20(10-8-17)27-32(30,31)21-6-2-5-19(14-21)23(29)25-22-11-13-28(26-22)16-18-4-3-12-24-15-18/h2-15,27H,16H2,1H3,(H,25,26,29). The van der Waals surface area contributed by atoms with E-state index in [1.807, 2.05) is 31.2 Å². The lowest BCUT2D eigenvalue weighted by Crippen LogP contribution is -2.16. The second-order valence-corrected chi connectivity index (χ2v) is 8.90. The lowest BCUT2D eigenvalue weighted by molar-refractivity contribution is 0.102. The SMILES string of the molecule is Cc1ccc(NS(=O)(=O)c2cccc(C(=O)Nc3ccn(Cc4cccnc4)n3)c2)cc1. The Balaban J connectivity index is 1.46. The summed E-state index contributed by atoms with van der Waals surface area (Å²) in [4.78, 5) is 16.7. The minimum atomic E-state index is -3.84. The first-order chi connectivity index (χ1) is 15.4. The van der Waals surface area contributed by atoms with Gasteiger partial charge in [-0.1, -0.05) is 29.8 Å². The van der Waals surface area contributed by atoms with Crippen LogP contribution in [0.5, 0.6) is 0 Å². The second kappa shape index (κ2) is 9.03. The van der Waals surface area contributed by atoms with Crippen LogP contribution in [0.1, 0.15) is 21.5 Å². The molecule has 2 heterocycles. The summed E-state index contributed by atoms with van der Waals surface area (Å²) in [7, 11) is -3.84. The monoisotopic (exact) mass is 447 g/mol. The predicted molar refractivity (Wildman–Crippen MR) is 122 cm³/mol. The fourth-order valence-corrected chi connectivity index (χ4v) is 4.13. The van der Waals surface area contributed by atoms with E-state index in [2.05, 4.69) is 20.1 Å². The summed E-state index contributed by atoms with van der Waals surface area (Å²) in [5.41, 5.74) is 2.66. The molecule has 0 bridgehead atoms. The number of nitrogens with zero attached hydrogens (tertiary/aromatic N) is 3. The Morgan fingerprint density at radius 1 is 1.03 bits per heavy atom. The fraction of sp³-hybridized carbons (Fsp3) is 0.0870. The van der Waals surface area contributed by atoms with Gasteiger partial charge in [0, 0.05) is 35.9 Å². The Bertz CT molecular complexity index is 1330. The molecule has 2 aromatic heterocycles. The van der Waals surface area contributed by atoms with Gasteiger partial charge in [0.15, 0.2) is 5.82 Å². The zero-order valence-corrected chi connectivity index (χ0v) is 18.1. The summed E-state index contributed by atoms with van der Waals surface area (Å²) in [5.74, 6) is -0.0889. The van der Waals surface area contributed by atoms with Gasteiger partial charge < -0.3 is 5.32 Å². The van der Waals surface area contributed by atoms with Crippen molar-refractivity contribution in [3.8, 4) is 0 Å². The summed E-state index contributed by atoms with van der Waals surface area (Å²) >= 11 is 0. The average Bonchev–Trinajstić information content (AvgIpc) is 3.22. The first-order valence-electron chi connectivity index (χ1n) is 9.82. The van der Waals surface area contributed by atoms with Crippen LogP contribution in [0.2, 0.25) is 0 Å². The molecule has 2 aromatic carbocycles. The molecule has 0 atom stereocenters. The molecule has 0 aliphatic rings. The Hall–Kier alpha value is -3.98. The molecule has 0 aliphatic carbocycles. The van der Waals surface area contributed by atoms with Crippen molar-refractivity contribution in [2.24, 2.45) is 0 Å². The summed E-state index contributed by atoms with van der Waals surface area (Å²) in [5, 5.41) is 7.03. The lowest BCUT2D eigenvalue weighted by atomic mass is 10.2. The van der Waals surface area contributed by atoms with Crippen LogP contribution in [0.15, 0.2) is 90.2 Å². The molecule has 0 saturated heterocycles. The van der Waals surface area contributed by atoms with Crippen LogP contribution >= 0.6 is 0 Å². The maximum absolute atomic E-state index is 12.7. The van der Waals surface area contributed by atoms with Crippen LogP contribution in [0.3, 0.4) is 0 Å². The molecule has 32 heavy (non-hydrogen) atoms. The number of hydrogen-bond donors (Lipinski definition) is 2. The molecule has 9 heteroatoms. The van der Waals surface area contributed by atoms with Crippen LogP contribution in [0.4, 0.5) is 11.5 Å². The number of amides is 1. The largest absolute Gasteiger partial charge is 0.305 e. The van der Waals surface area contributed by atoms with Crippen molar-refractivity contribution in [2.75, 3.05) is 10.0 Å². The molecular weight excluding hydrogens is 426 g/mol. The number of pyridine rings is 1. The molecule has 4 aromatic rings. The van der Waals surface area contributed by atoms with E-state index >= 15 is 0 Å². The molecular formula is C23H21N5O3S. The molecule has 4 rings (SSSR count). The van der Waals surface area contributed by atoms with Gasteiger partial charge in [-0.3, -0.25) is 19.2 Å². The number of aryl methyl sites for hydroxylation is 1. The highest BCUT2D eigenvalue weighted by atomic mass is 32.2. The quantitative estimate of drug-likeness (QED) is 0.449. The van der Waals surface area contributed by atoms with Crippen molar-refractivity contribution >= 4 is 27.4 Å². The molecule has 162 valence electrons. The van der Waals surface area contributed by atoms with Crippen LogP contribution in [-0.2, 0) is 16.6 Å². The first kappa shape index (κ1) is 21.3. The van der Waals surface area contributed by atoms with Gasteiger partial charge >= 0.3 is 0 Å². The smallest absolute Gasteiger partial charge is 0.261 e. The van der Waals surface area contributed by atoms with Gasteiger partial charge in [0.1, 0.15) is 0 Å². The van der Waals surface area contributed by atoms with Gasteiger partial charge in [0.2, 0.25) is 0 Å². The number of sulfonamides is 1. The predicted octanol–water partition coefficient (Wildman–Crippen LogP) is 3.69. The Morgan fingerprint density at radius 3 is 2.59 bits per heavy atom. The Morgan fingerprint density at radius 2 is 1.84 bits per heavy atom. The molecule has 1 amide bonds. The minimum Gasteiger partial charge on any atom is -0.305 e. The molecule has 0 fully saturated rings. The first-order valence-corrected chi connectivity index (χ1v) is 11.3. The van der Waals surface area contributed by atoms with Crippen LogP contribution in [0.25, 0.3) is 0 Å². The van der Waals surface area contributed by atoms with E-state index in [0.717, 1.165) is 11.1 Å². The van der Waals surface area contributed by atoms with Gasteiger partial charge in [-0.2, -0.15) is 5.10 Å². The van der Waals surface area contributed by atoms with Gasteiger partial charge in [-0.15, -0.1) is 0 Å². The van der Waals surface area contributed by atoms with Crippen molar-refractivity contribution < 1.29 is 13.2 Å². The number of benzene rings is 2. The van der Waals surface area contributed by atoms with E-state index < -0.39 is 15.9 Å². The van der Waals surface area contributed by atoms with E-state index in [1.165, 1.54) is 18.2 Å². The highest BCUT2D eigenvalue weighted by molar-refractivity contribution is 7.92. The lowest BCUT2D eigenvalue weighted by Gasteiger charge is -2.10. The van der Waals surface area contributed by atoms with Crippen molar-refractivity contribution in [2.45, 2.75) is 18.4 Å². The van der Waals surface area contributed by atoms with E-state index in [4.69, 9.17) is 0 Å². The zero-order valence-electron chi connectivity index (χ0n) is 17.3. The number of carbonyl (C=O) groups excluding carboxylic acids is 1. The summed E-state index contributed by atoms with van der Waals surface area (Å²) in [6, 6.07) is 18.3. The minimum absolute atomic E-state index is 0.00664. The third kappa shape index (κ3) is 5.19. The molecule has 0 saturated carbocycles. The Labute approximate surface area is 186 Å². The van der Waals surface area contributed by atoms with Gasteiger partial charge in [-0.05, 0) is 48.9 Å². The van der Waals surface area contributed by atoms with E-state index in [9.17, 15) is 13.2 Å². The average molecular weight is 448 g/mol. The Kier molecular flexibility index (Phi) is 6.00. The number of nitrogens with one attached hydrogen (secondary N) is 2. The van der Waals surface area contributed by atoms with E-state index in [0.29, 0.717) is 18.1 Å². The van der Waals surface area contributed by atoms with Gasteiger partial charge in [0.05, 0.1) is 11.4 Å². The maximum Gasteiger partial charge on any atom is 0.261 e. The van der Waals surface area contributed by atoms with Crippen molar-refractivity contribution in [3.63, 3.8) is 0 Å². The highest BCUT2D eigenvalue weighted by Gasteiger charge is 2.17. The van der Waals surface area contributed by atoms with Crippen molar-refractivity contribution in [3.05, 3.63) is 102 Å². The topological polar surface area (TPSA) is 106 Å². The van der Waals surface area contributed by atoms with E-state index in [-0.39, 0.29) is 10.5 Å². The summed E-state index contributed by atoms with van der Waals surface area (Å²) in [6.45, 7) is 2.43. The number of hydrogen-bond acceptors (Lipinski definition) is 5. The molecule has 0 spiro atoms. The van der Waals surface area contributed by atoms with Gasteiger partial charge in [0.25, 0.3) is 15.9 Å². The molecule has 8 nitrogen and oxygen atoms in total. The maximum atomic E-state index is 12.7. The third-order valence-electron chi connectivity index (χ3n) is 4.66. The fourth-order valence-electron chi connectivity index (χ4n) is 3.02. The highest BCUT2D eigenvalue weighted by Crippen LogP contribution is 2.18. The van der Waals surface area contributed by atoms with Crippen LogP contribution < -0.4 is 10.0 Å². The van der Waals surface area contributed by atoms with Crippen LogP contribution in [-0.4, -0.2) is 29.1 Å². The van der Waals surface area contributed by atoms with E-state index in [1.54, 1.807) is 47.5 Å². The molecule has 0 aliphatic heterocycles. The zero-order chi connectivity index (χ0) is 22.6. The number of aromatic nitrogens is 3. The normalized spacial score (nSPS) is 11.2. The van der Waals surface area contributed by atoms with Crippen molar-refractivity contribution in [1.29, 1.82) is 0 Å². The number of anilines is 2. The van der Waals surface area contributed by atoms with Gasteiger partial charge in [-0.25, -0.2) is 8.42 Å². The van der Waals surface area contributed by atoms with Crippen molar-refractivity contribution in [1.82, 2.24) is 14.8 Å². The molecule has 0 radical (unpaired) electrons. The third-order valence-corrected chi connectivity index (χ3v) is 6.04. The number of rotatable bonds is 7. The number of carbonyl (C=O) groups is 1. The molecule has 0 unspecified atom stereocenters. The second-order valence-electron chi connectivity index (χ2n) is 7.21. The summed E-state index contributed by atoms with van der Waals surface area (Å²) < 4.78 is 29.7. The van der Waals surface area contributed by atoms with Crippen LogP contribution in [0, 0.1) is 6.92 Å². The molecule has 2 N–H and O–H groups in total. The summed E-state index contributed by atoms with van der Waals surface area (Å²) in [6.07, 6.45) is 5.19.